The van der Waals surface area contributed by atoms with Crippen LogP contribution in [0.15, 0.2) is 0 Å². The first-order valence-electron chi connectivity index (χ1n) is 7.02. The van der Waals surface area contributed by atoms with Crippen molar-refractivity contribution < 1.29 is 0 Å². The lowest BCUT2D eigenvalue weighted by molar-refractivity contribution is 0.192. The van der Waals surface area contributed by atoms with Crippen LogP contribution in [-0.4, -0.2) is 41.6 Å². The molecule has 2 unspecified atom stereocenters. The van der Waals surface area contributed by atoms with Gasteiger partial charge in [0.15, 0.2) is 0 Å². The Hall–Kier alpha value is 0.270. The lowest BCUT2D eigenvalue weighted by atomic mass is 9.84. The third kappa shape index (κ3) is 5.19. The molecule has 17 heavy (non-hydrogen) atoms. The molecule has 1 aliphatic heterocycles. The van der Waals surface area contributed by atoms with Crippen molar-refractivity contribution in [3.8, 4) is 0 Å². The summed E-state index contributed by atoms with van der Waals surface area (Å²) >= 11 is 2.12. The highest BCUT2D eigenvalue weighted by molar-refractivity contribution is 8.00. The second kappa shape index (κ2) is 7.01. The van der Waals surface area contributed by atoms with E-state index in [0.29, 0.717) is 5.41 Å². The van der Waals surface area contributed by atoms with E-state index < -0.39 is 0 Å². The van der Waals surface area contributed by atoms with Gasteiger partial charge in [-0.2, -0.15) is 11.8 Å². The lowest BCUT2D eigenvalue weighted by Crippen LogP contribution is -2.45. The van der Waals surface area contributed by atoms with Gasteiger partial charge in [-0.25, -0.2) is 0 Å². The van der Waals surface area contributed by atoms with Gasteiger partial charge in [0.1, 0.15) is 0 Å². The number of rotatable bonds is 6. The average Bonchev–Trinajstić information content (AvgIpc) is 2.24. The summed E-state index contributed by atoms with van der Waals surface area (Å²) in [5, 5.41) is 0.792. The van der Waals surface area contributed by atoms with E-state index in [4.69, 9.17) is 5.73 Å². The topological polar surface area (TPSA) is 29.3 Å². The monoisotopic (exact) mass is 258 g/mol. The highest BCUT2D eigenvalue weighted by Crippen LogP contribution is 2.28. The molecule has 102 valence electrons. The SMILES string of the molecule is CC1SCCN(CCCC(C)(C)CCN)C1C. The Morgan fingerprint density at radius 2 is 2.00 bits per heavy atom. The molecule has 0 aromatic rings. The molecule has 1 heterocycles. The average molecular weight is 258 g/mol. The second-order valence-electron chi connectivity index (χ2n) is 6.16. The fourth-order valence-corrected chi connectivity index (χ4v) is 3.75. The van der Waals surface area contributed by atoms with Crippen molar-refractivity contribution in [1.82, 2.24) is 4.90 Å². The summed E-state index contributed by atoms with van der Waals surface area (Å²) in [5.41, 5.74) is 6.08. The quantitative estimate of drug-likeness (QED) is 0.794. The minimum absolute atomic E-state index is 0.425. The highest BCUT2D eigenvalue weighted by Gasteiger charge is 2.25. The van der Waals surface area contributed by atoms with Crippen molar-refractivity contribution in [2.24, 2.45) is 11.1 Å². The molecule has 0 aliphatic carbocycles. The van der Waals surface area contributed by atoms with Crippen LogP contribution in [0.4, 0.5) is 0 Å². The molecule has 0 aromatic carbocycles. The van der Waals surface area contributed by atoms with Crippen LogP contribution in [0.25, 0.3) is 0 Å². The maximum atomic E-state index is 5.66. The number of nitrogens with two attached hydrogens (primary N) is 1. The van der Waals surface area contributed by atoms with Crippen LogP contribution in [0.3, 0.4) is 0 Å². The summed E-state index contributed by atoms with van der Waals surface area (Å²) in [5.74, 6) is 1.30. The molecule has 2 nitrogen and oxygen atoms in total. The van der Waals surface area contributed by atoms with E-state index in [2.05, 4.69) is 44.4 Å². The number of hydrogen-bond acceptors (Lipinski definition) is 3. The van der Waals surface area contributed by atoms with E-state index in [1.165, 1.54) is 31.7 Å². The molecular formula is C14H30N2S. The third-order valence-electron chi connectivity index (χ3n) is 4.13. The Kier molecular flexibility index (Phi) is 6.32. The maximum Gasteiger partial charge on any atom is 0.0184 e. The van der Waals surface area contributed by atoms with E-state index in [1.807, 2.05) is 0 Å². The van der Waals surface area contributed by atoms with Crippen LogP contribution in [0, 0.1) is 5.41 Å². The number of hydrogen-bond donors (Lipinski definition) is 1. The molecular weight excluding hydrogens is 228 g/mol. The smallest absolute Gasteiger partial charge is 0.0184 e. The zero-order valence-electron chi connectivity index (χ0n) is 12.0. The molecule has 1 saturated heterocycles. The molecule has 1 rings (SSSR count). The van der Waals surface area contributed by atoms with Gasteiger partial charge < -0.3 is 5.73 Å². The van der Waals surface area contributed by atoms with Crippen LogP contribution in [-0.2, 0) is 0 Å². The van der Waals surface area contributed by atoms with E-state index in [1.54, 1.807) is 0 Å². The van der Waals surface area contributed by atoms with Crippen LogP contribution in [0.2, 0.25) is 0 Å². The highest BCUT2D eigenvalue weighted by atomic mass is 32.2. The van der Waals surface area contributed by atoms with Gasteiger partial charge in [0.25, 0.3) is 0 Å². The first-order valence-corrected chi connectivity index (χ1v) is 8.07. The van der Waals surface area contributed by atoms with Crippen LogP contribution in [0.5, 0.6) is 0 Å². The van der Waals surface area contributed by atoms with Gasteiger partial charge >= 0.3 is 0 Å². The van der Waals surface area contributed by atoms with Gasteiger partial charge in [-0.15, -0.1) is 0 Å². The van der Waals surface area contributed by atoms with Crippen molar-refractivity contribution >= 4 is 11.8 Å². The number of nitrogens with zero attached hydrogens (tertiary/aromatic N) is 1. The third-order valence-corrected chi connectivity index (χ3v) is 5.47. The number of thioether (sulfide) groups is 1. The fraction of sp³-hybridized carbons (Fsp3) is 1.00. The maximum absolute atomic E-state index is 5.66. The van der Waals surface area contributed by atoms with E-state index in [0.717, 1.165) is 24.3 Å². The van der Waals surface area contributed by atoms with Gasteiger partial charge in [0.2, 0.25) is 0 Å². The molecule has 0 radical (unpaired) electrons. The zero-order chi connectivity index (χ0) is 12.9. The van der Waals surface area contributed by atoms with Gasteiger partial charge in [-0.3, -0.25) is 4.90 Å². The van der Waals surface area contributed by atoms with Crippen LogP contribution in [0.1, 0.15) is 47.0 Å². The minimum Gasteiger partial charge on any atom is -0.330 e. The first kappa shape index (κ1) is 15.3. The Labute approximate surface area is 112 Å². The van der Waals surface area contributed by atoms with Crippen molar-refractivity contribution in [2.45, 2.75) is 58.2 Å². The molecule has 0 amide bonds. The van der Waals surface area contributed by atoms with Gasteiger partial charge in [-0.1, -0.05) is 20.8 Å². The van der Waals surface area contributed by atoms with Crippen molar-refractivity contribution in [1.29, 1.82) is 0 Å². The molecule has 1 fully saturated rings. The van der Waals surface area contributed by atoms with Gasteiger partial charge in [0, 0.05) is 23.6 Å². The normalized spacial score (nSPS) is 27.4. The standard InChI is InChI=1S/C14H30N2S/c1-12-13(2)17-11-10-16(12)9-5-6-14(3,4)7-8-15/h12-13H,5-11,15H2,1-4H3. The van der Waals surface area contributed by atoms with Crippen LogP contribution < -0.4 is 5.73 Å². The summed E-state index contributed by atoms with van der Waals surface area (Å²) in [7, 11) is 0. The van der Waals surface area contributed by atoms with E-state index >= 15 is 0 Å². The molecule has 0 bridgehead atoms. The fourth-order valence-electron chi connectivity index (χ4n) is 2.59. The minimum atomic E-state index is 0.425. The molecule has 1 aliphatic rings. The van der Waals surface area contributed by atoms with Crippen molar-refractivity contribution in [3.63, 3.8) is 0 Å². The zero-order valence-corrected chi connectivity index (χ0v) is 12.9. The molecule has 0 spiro atoms. The summed E-state index contributed by atoms with van der Waals surface area (Å²) in [6.07, 6.45) is 3.76. The lowest BCUT2D eigenvalue weighted by Gasteiger charge is -2.38. The van der Waals surface area contributed by atoms with E-state index in [9.17, 15) is 0 Å². The molecule has 2 N–H and O–H groups in total. The summed E-state index contributed by atoms with van der Waals surface area (Å²) in [4.78, 5) is 2.67. The predicted molar refractivity (Wildman–Crippen MR) is 79.6 cm³/mol. The second-order valence-corrected chi connectivity index (χ2v) is 7.64. The van der Waals surface area contributed by atoms with E-state index in [-0.39, 0.29) is 0 Å². The largest absolute Gasteiger partial charge is 0.330 e. The summed E-state index contributed by atoms with van der Waals surface area (Å²) in [6.45, 7) is 12.8. The van der Waals surface area contributed by atoms with Crippen LogP contribution >= 0.6 is 11.8 Å². The van der Waals surface area contributed by atoms with Crippen molar-refractivity contribution in [3.05, 3.63) is 0 Å². The molecule has 2 atom stereocenters. The Morgan fingerprint density at radius 3 is 2.65 bits per heavy atom. The van der Waals surface area contributed by atoms with Crippen molar-refractivity contribution in [2.75, 3.05) is 25.4 Å². The first-order chi connectivity index (χ1) is 7.96. The molecule has 0 aromatic heterocycles. The Morgan fingerprint density at radius 1 is 1.29 bits per heavy atom. The summed E-state index contributed by atoms with van der Waals surface area (Å²) in [6, 6.07) is 0.742. The summed E-state index contributed by atoms with van der Waals surface area (Å²) < 4.78 is 0. The Bertz CT molecular complexity index is 218. The molecule has 3 heteroatoms. The molecule has 0 saturated carbocycles. The van der Waals surface area contributed by atoms with Gasteiger partial charge in [0.05, 0.1) is 0 Å². The predicted octanol–water partition coefficient (Wildman–Crippen LogP) is 2.97. The Balaban J connectivity index is 2.26. The van der Waals surface area contributed by atoms with Gasteiger partial charge in [-0.05, 0) is 44.7 Å².